The van der Waals surface area contributed by atoms with Crippen LogP contribution in [0.1, 0.15) is 49.4 Å². The van der Waals surface area contributed by atoms with Crippen LogP contribution in [0.4, 0.5) is 0 Å². The first-order valence-electron chi connectivity index (χ1n) is 10.9. The highest BCUT2D eigenvalue weighted by atomic mass is 35.5. The Kier molecular flexibility index (Phi) is 7.27. The van der Waals surface area contributed by atoms with Gasteiger partial charge in [-0.2, -0.15) is 0 Å². The van der Waals surface area contributed by atoms with E-state index in [1.807, 2.05) is 43.1 Å². The van der Waals surface area contributed by atoms with E-state index < -0.39 is 10.0 Å². The van der Waals surface area contributed by atoms with E-state index >= 15 is 0 Å². The van der Waals surface area contributed by atoms with Gasteiger partial charge in [-0.05, 0) is 67.9 Å². The van der Waals surface area contributed by atoms with Crippen LogP contribution >= 0.6 is 12.4 Å². The van der Waals surface area contributed by atoms with Gasteiger partial charge in [0.15, 0.2) is 0 Å². The van der Waals surface area contributed by atoms with Crippen LogP contribution < -0.4 is 10.6 Å². The van der Waals surface area contributed by atoms with Crippen molar-refractivity contribution in [3.63, 3.8) is 0 Å². The van der Waals surface area contributed by atoms with Gasteiger partial charge in [-0.25, -0.2) is 17.7 Å². The lowest BCUT2D eigenvalue weighted by molar-refractivity contribution is 0.0909. The number of halogens is 1. The molecule has 2 atom stereocenters. The number of hydrazine groups is 1. The molecule has 2 N–H and O–H groups in total. The van der Waals surface area contributed by atoms with E-state index in [1.165, 1.54) is 9.87 Å². The van der Waals surface area contributed by atoms with E-state index in [4.69, 9.17) is 10.6 Å². The van der Waals surface area contributed by atoms with Gasteiger partial charge in [0, 0.05) is 27.1 Å². The third kappa shape index (κ3) is 4.82. The van der Waals surface area contributed by atoms with Crippen LogP contribution in [0, 0.1) is 5.92 Å². The van der Waals surface area contributed by atoms with Gasteiger partial charge < -0.3 is 4.74 Å². The second-order valence-corrected chi connectivity index (χ2v) is 11.7. The molecule has 0 saturated carbocycles. The minimum atomic E-state index is -3.53. The van der Waals surface area contributed by atoms with Crippen LogP contribution in [0.15, 0.2) is 47.4 Å². The molecular weight excluding hydrogens is 446 g/mol. The third-order valence-corrected chi connectivity index (χ3v) is 8.20. The van der Waals surface area contributed by atoms with Crippen molar-refractivity contribution in [1.29, 1.82) is 0 Å². The Morgan fingerprint density at radius 2 is 1.88 bits per heavy atom. The van der Waals surface area contributed by atoms with Crippen LogP contribution in [0.2, 0.25) is 0 Å². The minimum Gasteiger partial charge on any atom is -0.487 e. The lowest BCUT2D eigenvalue weighted by Gasteiger charge is -2.39. The number of nitrogens with two attached hydrogens (primary N) is 1. The fraction of sp³-hybridized carbons (Fsp3) is 0.500. The molecule has 4 rings (SSSR count). The van der Waals surface area contributed by atoms with Crippen molar-refractivity contribution in [1.82, 2.24) is 9.31 Å². The number of hydrogen-bond donors (Lipinski definition) is 1. The SMILES string of the molecule is CN(C)S(=O)(=O)c1cc(C[C@@H]2CCCN(N)[C@@H]2c2ccccc2)c2c(c1)CC(C)(C)O2.Cl. The van der Waals surface area contributed by atoms with Crippen LogP contribution in [0.3, 0.4) is 0 Å². The fourth-order valence-corrected chi connectivity index (χ4v) is 5.99. The van der Waals surface area contributed by atoms with Gasteiger partial charge >= 0.3 is 0 Å². The fourth-order valence-electron chi connectivity index (χ4n) is 4.98. The summed E-state index contributed by atoms with van der Waals surface area (Å²) in [6.45, 7) is 4.95. The Morgan fingerprint density at radius 3 is 2.53 bits per heavy atom. The zero-order chi connectivity index (χ0) is 22.4. The summed E-state index contributed by atoms with van der Waals surface area (Å²) in [4.78, 5) is 0.337. The van der Waals surface area contributed by atoms with Gasteiger partial charge in [0.1, 0.15) is 11.4 Å². The Labute approximate surface area is 198 Å². The molecular formula is C24H34ClN3O3S. The second kappa shape index (κ2) is 9.31. The summed E-state index contributed by atoms with van der Waals surface area (Å²) in [5.41, 5.74) is 2.79. The van der Waals surface area contributed by atoms with Gasteiger partial charge in [-0.1, -0.05) is 30.3 Å². The van der Waals surface area contributed by atoms with Crippen LogP contribution in [0.5, 0.6) is 5.75 Å². The molecule has 0 unspecified atom stereocenters. The first-order valence-corrected chi connectivity index (χ1v) is 12.4. The number of benzene rings is 2. The highest BCUT2D eigenvalue weighted by molar-refractivity contribution is 7.89. The highest BCUT2D eigenvalue weighted by Crippen LogP contribution is 2.43. The Hall–Kier alpha value is -1.64. The number of hydrogen-bond acceptors (Lipinski definition) is 5. The molecule has 2 aliphatic rings. The first kappa shape index (κ1) is 25.0. The first-order chi connectivity index (χ1) is 14.6. The number of fused-ring (bicyclic) bond motifs is 1. The summed E-state index contributed by atoms with van der Waals surface area (Å²) >= 11 is 0. The van der Waals surface area contributed by atoms with E-state index in [9.17, 15) is 8.42 Å². The van der Waals surface area contributed by atoms with Gasteiger partial charge in [0.25, 0.3) is 0 Å². The van der Waals surface area contributed by atoms with Crippen molar-refractivity contribution in [3.05, 3.63) is 59.2 Å². The van der Waals surface area contributed by atoms with E-state index in [-0.39, 0.29) is 30.0 Å². The summed E-state index contributed by atoms with van der Waals surface area (Å²) in [5, 5.41) is 1.94. The molecule has 2 heterocycles. The summed E-state index contributed by atoms with van der Waals surface area (Å²) in [6, 6.07) is 14.0. The molecule has 176 valence electrons. The van der Waals surface area contributed by atoms with Gasteiger partial charge in [-0.15, -0.1) is 12.4 Å². The monoisotopic (exact) mass is 479 g/mol. The predicted molar refractivity (Wildman–Crippen MR) is 129 cm³/mol. The smallest absolute Gasteiger partial charge is 0.242 e. The second-order valence-electron chi connectivity index (χ2n) is 9.60. The van der Waals surface area contributed by atoms with Crippen LogP contribution in [-0.2, 0) is 22.9 Å². The van der Waals surface area contributed by atoms with Gasteiger partial charge in [0.2, 0.25) is 10.0 Å². The summed E-state index contributed by atoms with van der Waals surface area (Å²) in [7, 11) is -0.391. The summed E-state index contributed by atoms with van der Waals surface area (Å²) in [6.07, 6.45) is 3.48. The molecule has 8 heteroatoms. The molecule has 2 aliphatic heterocycles. The lowest BCUT2D eigenvalue weighted by Crippen LogP contribution is -2.44. The average Bonchev–Trinajstić information content (AvgIpc) is 3.03. The normalized spacial score (nSPS) is 22.8. The molecule has 2 aromatic rings. The highest BCUT2D eigenvalue weighted by Gasteiger charge is 2.37. The molecule has 0 bridgehead atoms. The number of sulfonamides is 1. The topological polar surface area (TPSA) is 75.9 Å². The number of piperidine rings is 1. The van der Waals surface area contributed by atoms with Crippen molar-refractivity contribution in [2.45, 2.75) is 56.1 Å². The molecule has 1 fully saturated rings. The molecule has 32 heavy (non-hydrogen) atoms. The average molecular weight is 480 g/mol. The largest absolute Gasteiger partial charge is 0.487 e. The minimum absolute atomic E-state index is 0. The van der Waals surface area contributed by atoms with E-state index in [0.29, 0.717) is 11.3 Å². The number of nitrogens with zero attached hydrogens (tertiary/aromatic N) is 2. The quantitative estimate of drug-likeness (QED) is 0.657. The molecule has 0 aromatic heterocycles. The van der Waals surface area contributed by atoms with E-state index in [2.05, 4.69) is 12.1 Å². The standard InChI is InChI=1S/C24H33N3O3S.ClH/c1-24(2)16-20-15-21(31(28,29)26(3)4)14-19(23(20)30-24)13-18-11-8-12-27(25)22(18)17-9-6-5-7-10-17;/h5-7,9-10,14-15,18,22H,8,11-13,16,25H2,1-4H3;1H/t18-,22+;/m0./s1. The Morgan fingerprint density at radius 1 is 1.19 bits per heavy atom. The van der Waals surface area contributed by atoms with Gasteiger partial charge in [-0.3, -0.25) is 5.84 Å². The van der Waals surface area contributed by atoms with E-state index in [1.54, 1.807) is 20.2 Å². The molecule has 6 nitrogen and oxygen atoms in total. The Balaban J connectivity index is 0.00000289. The summed E-state index contributed by atoms with van der Waals surface area (Å²) < 4.78 is 33.4. The van der Waals surface area contributed by atoms with E-state index in [0.717, 1.165) is 42.7 Å². The van der Waals surface area contributed by atoms with Crippen molar-refractivity contribution in [2.75, 3.05) is 20.6 Å². The van der Waals surface area contributed by atoms with Gasteiger partial charge in [0.05, 0.1) is 10.9 Å². The molecule has 1 saturated heterocycles. The Bertz CT molecular complexity index is 1060. The third-order valence-electron chi connectivity index (χ3n) is 6.41. The van der Waals surface area contributed by atoms with Crippen molar-refractivity contribution in [3.8, 4) is 5.75 Å². The van der Waals surface area contributed by atoms with Crippen molar-refractivity contribution < 1.29 is 13.2 Å². The number of ether oxygens (including phenoxy) is 1. The zero-order valence-electron chi connectivity index (χ0n) is 19.2. The van der Waals surface area contributed by atoms with Crippen LogP contribution in [-0.4, -0.2) is 44.0 Å². The van der Waals surface area contributed by atoms with Crippen molar-refractivity contribution >= 4 is 22.4 Å². The molecule has 2 aromatic carbocycles. The maximum atomic E-state index is 12.9. The van der Waals surface area contributed by atoms with Crippen LogP contribution in [0.25, 0.3) is 0 Å². The summed E-state index contributed by atoms with van der Waals surface area (Å²) in [5.74, 6) is 7.57. The predicted octanol–water partition coefficient (Wildman–Crippen LogP) is 3.94. The number of rotatable bonds is 5. The maximum Gasteiger partial charge on any atom is 0.242 e. The molecule has 0 spiro atoms. The zero-order valence-corrected chi connectivity index (χ0v) is 20.9. The maximum absolute atomic E-state index is 12.9. The lowest BCUT2D eigenvalue weighted by atomic mass is 9.81. The molecule has 0 aliphatic carbocycles. The molecule has 0 radical (unpaired) electrons. The molecule has 0 amide bonds. The van der Waals surface area contributed by atoms with Crippen molar-refractivity contribution in [2.24, 2.45) is 11.8 Å².